The summed E-state index contributed by atoms with van der Waals surface area (Å²) in [5.74, 6) is -0.128. The van der Waals surface area contributed by atoms with Gasteiger partial charge in [-0.05, 0) is 43.2 Å². The van der Waals surface area contributed by atoms with Gasteiger partial charge in [-0.3, -0.25) is 9.69 Å². The molecule has 2 unspecified atom stereocenters. The molecule has 0 aromatic carbocycles. The highest BCUT2D eigenvalue weighted by molar-refractivity contribution is 7.09. The zero-order valence-corrected chi connectivity index (χ0v) is 10.9. The van der Waals surface area contributed by atoms with Crippen molar-refractivity contribution in [1.82, 2.24) is 4.90 Å². The zero-order valence-electron chi connectivity index (χ0n) is 10.1. The van der Waals surface area contributed by atoms with Crippen molar-refractivity contribution in [3.8, 4) is 0 Å². The third-order valence-electron chi connectivity index (χ3n) is 3.49. The van der Waals surface area contributed by atoms with Crippen LogP contribution in [0.2, 0.25) is 0 Å². The maximum atomic E-state index is 11.2. The maximum absolute atomic E-state index is 11.2. The molecule has 1 aliphatic heterocycles. The van der Waals surface area contributed by atoms with E-state index in [-0.39, 0.29) is 6.04 Å². The minimum absolute atomic E-state index is 0.279. The van der Waals surface area contributed by atoms with Crippen LogP contribution in [0.3, 0.4) is 0 Å². The Bertz CT molecular complexity index is 364. The molecule has 0 radical (unpaired) electrons. The van der Waals surface area contributed by atoms with Crippen LogP contribution in [0.4, 0.5) is 0 Å². The van der Waals surface area contributed by atoms with Crippen LogP contribution < -0.4 is 0 Å². The molecule has 0 aliphatic carbocycles. The van der Waals surface area contributed by atoms with Crippen molar-refractivity contribution in [2.45, 2.75) is 32.2 Å². The minimum atomic E-state index is -0.664. The molecule has 1 aromatic rings. The average molecular weight is 253 g/mol. The molecule has 94 valence electrons. The van der Waals surface area contributed by atoms with E-state index in [0.717, 1.165) is 32.4 Å². The fourth-order valence-corrected chi connectivity index (χ4v) is 3.12. The van der Waals surface area contributed by atoms with Gasteiger partial charge in [-0.1, -0.05) is 13.0 Å². The fourth-order valence-electron chi connectivity index (χ4n) is 2.42. The highest BCUT2D eigenvalue weighted by atomic mass is 32.1. The van der Waals surface area contributed by atoms with E-state index in [2.05, 4.69) is 23.3 Å². The van der Waals surface area contributed by atoms with E-state index in [0.29, 0.717) is 5.92 Å². The Morgan fingerprint density at radius 1 is 1.65 bits per heavy atom. The van der Waals surface area contributed by atoms with Gasteiger partial charge in [-0.15, -0.1) is 11.3 Å². The molecule has 2 heterocycles. The highest BCUT2D eigenvalue weighted by Crippen LogP contribution is 2.23. The lowest BCUT2D eigenvalue weighted by Gasteiger charge is -2.35. The van der Waals surface area contributed by atoms with Gasteiger partial charge in [-0.25, -0.2) is 0 Å². The third-order valence-corrected chi connectivity index (χ3v) is 4.42. The monoisotopic (exact) mass is 253 g/mol. The predicted molar refractivity (Wildman–Crippen MR) is 69.4 cm³/mol. The van der Waals surface area contributed by atoms with Crippen LogP contribution in [-0.2, 0) is 11.2 Å². The van der Waals surface area contributed by atoms with Gasteiger partial charge in [0, 0.05) is 11.4 Å². The van der Waals surface area contributed by atoms with Crippen LogP contribution in [0.1, 0.15) is 24.6 Å². The number of rotatable bonds is 4. The SMILES string of the molecule is CC1CCN(CCc2cccs2)C(C(=O)O)C1. The first-order valence-corrected chi connectivity index (χ1v) is 7.04. The summed E-state index contributed by atoms with van der Waals surface area (Å²) in [6, 6.07) is 3.89. The van der Waals surface area contributed by atoms with Gasteiger partial charge in [0.15, 0.2) is 0 Å². The van der Waals surface area contributed by atoms with Gasteiger partial charge in [0.05, 0.1) is 0 Å². The Morgan fingerprint density at radius 3 is 3.12 bits per heavy atom. The number of aliphatic carboxylic acids is 1. The smallest absolute Gasteiger partial charge is 0.320 e. The lowest BCUT2D eigenvalue weighted by molar-refractivity contribution is -0.145. The van der Waals surface area contributed by atoms with Crippen molar-refractivity contribution in [3.05, 3.63) is 22.4 Å². The van der Waals surface area contributed by atoms with Gasteiger partial charge < -0.3 is 5.11 Å². The molecule has 0 amide bonds. The number of thiophene rings is 1. The Hall–Kier alpha value is -0.870. The Labute approximate surface area is 106 Å². The second-order valence-electron chi connectivity index (χ2n) is 4.85. The van der Waals surface area contributed by atoms with Crippen molar-refractivity contribution in [3.63, 3.8) is 0 Å². The highest BCUT2D eigenvalue weighted by Gasteiger charge is 2.31. The molecule has 17 heavy (non-hydrogen) atoms. The van der Waals surface area contributed by atoms with E-state index in [9.17, 15) is 9.90 Å². The summed E-state index contributed by atoms with van der Waals surface area (Å²) >= 11 is 1.75. The van der Waals surface area contributed by atoms with E-state index in [4.69, 9.17) is 0 Å². The standard InChI is InChI=1S/C13H19NO2S/c1-10-4-6-14(12(9-10)13(15)16)7-5-11-3-2-8-17-11/h2-3,8,10,12H,4-7,9H2,1H3,(H,15,16). The topological polar surface area (TPSA) is 40.5 Å². The van der Waals surface area contributed by atoms with Crippen molar-refractivity contribution in [2.24, 2.45) is 5.92 Å². The molecule has 0 saturated carbocycles. The van der Waals surface area contributed by atoms with Crippen molar-refractivity contribution < 1.29 is 9.90 Å². The van der Waals surface area contributed by atoms with E-state index in [1.807, 2.05) is 6.07 Å². The second kappa shape index (κ2) is 5.65. The molecule has 1 fully saturated rings. The van der Waals surface area contributed by atoms with Crippen LogP contribution in [0.15, 0.2) is 17.5 Å². The summed E-state index contributed by atoms with van der Waals surface area (Å²) in [5.41, 5.74) is 0. The number of likely N-dealkylation sites (tertiary alicyclic amines) is 1. The maximum Gasteiger partial charge on any atom is 0.320 e. The molecule has 0 bridgehead atoms. The summed E-state index contributed by atoms with van der Waals surface area (Å²) in [4.78, 5) is 14.7. The minimum Gasteiger partial charge on any atom is -0.480 e. The quantitative estimate of drug-likeness (QED) is 0.896. The normalized spacial score (nSPS) is 25.9. The molecule has 4 heteroatoms. The lowest BCUT2D eigenvalue weighted by Crippen LogP contribution is -2.47. The summed E-state index contributed by atoms with van der Waals surface area (Å²) in [6.45, 7) is 3.93. The molecule has 2 atom stereocenters. The first-order valence-electron chi connectivity index (χ1n) is 6.16. The largest absolute Gasteiger partial charge is 0.480 e. The van der Waals surface area contributed by atoms with Crippen molar-refractivity contribution in [1.29, 1.82) is 0 Å². The van der Waals surface area contributed by atoms with E-state index in [1.165, 1.54) is 4.88 Å². The first-order chi connectivity index (χ1) is 8.16. The summed E-state index contributed by atoms with van der Waals surface area (Å²) in [6.07, 6.45) is 2.88. The summed E-state index contributed by atoms with van der Waals surface area (Å²) in [5, 5.41) is 11.3. The zero-order chi connectivity index (χ0) is 12.3. The lowest BCUT2D eigenvalue weighted by atomic mass is 9.92. The van der Waals surface area contributed by atoms with Gasteiger partial charge in [-0.2, -0.15) is 0 Å². The van der Waals surface area contributed by atoms with Crippen LogP contribution in [0, 0.1) is 5.92 Å². The average Bonchev–Trinajstić information content (AvgIpc) is 2.80. The number of hydrogen-bond donors (Lipinski definition) is 1. The number of nitrogens with zero attached hydrogens (tertiary/aromatic N) is 1. The van der Waals surface area contributed by atoms with Crippen LogP contribution in [0.5, 0.6) is 0 Å². The number of hydrogen-bond acceptors (Lipinski definition) is 3. The van der Waals surface area contributed by atoms with Gasteiger partial charge in [0.25, 0.3) is 0 Å². The molecule has 2 rings (SSSR count). The molecular weight excluding hydrogens is 234 g/mol. The third kappa shape index (κ3) is 3.30. The van der Waals surface area contributed by atoms with Crippen molar-refractivity contribution in [2.75, 3.05) is 13.1 Å². The van der Waals surface area contributed by atoms with Gasteiger partial charge >= 0.3 is 5.97 Å². The number of carboxylic acids is 1. The van der Waals surface area contributed by atoms with E-state index in [1.54, 1.807) is 11.3 Å². The number of carboxylic acid groups (broad SMARTS) is 1. The molecule has 1 N–H and O–H groups in total. The summed E-state index contributed by atoms with van der Waals surface area (Å²) in [7, 11) is 0. The van der Waals surface area contributed by atoms with E-state index < -0.39 is 5.97 Å². The Morgan fingerprint density at radius 2 is 2.47 bits per heavy atom. The first kappa shape index (κ1) is 12.6. The molecule has 0 spiro atoms. The Balaban J connectivity index is 1.91. The van der Waals surface area contributed by atoms with Gasteiger partial charge in [0.1, 0.15) is 6.04 Å². The predicted octanol–water partition coefficient (Wildman–Crippen LogP) is 2.48. The van der Waals surface area contributed by atoms with E-state index >= 15 is 0 Å². The Kier molecular flexibility index (Phi) is 4.18. The summed E-state index contributed by atoms with van der Waals surface area (Å²) < 4.78 is 0. The molecule has 3 nitrogen and oxygen atoms in total. The van der Waals surface area contributed by atoms with Crippen LogP contribution in [0.25, 0.3) is 0 Å². The van der Waals surface area contributed by atoms with Crippen LogP contribution >= 0.6 is 11.3 Å². The molecule has 1 aliphatic rings. The van der Waals surface area contributed by atoms with Crippen molar-refractivity contribution >= 4 is 17.3 Å². The van der Waals surface area contributed by atoms with Gasteiger partial charge in [0.2, 0.25) is 0 Å². The molecular formula is C13H19NO2S. The van der Waals surface area contributed by atoms with Crippen LogP contribution in [-0.4, -0.2) is 35.1 Å². The number of piperidine rings is 1. The molecule has 1 saturated heterocycles. The fraction of sp³-hybridized carbons (Fsp3) is 0.615. The molecule has 1 aromatic heterocycles. The second-order valence-corrected chi connectivity index (χ2v) is 5.88. The number of carbonyl (C=O) groups is 1.